The van der Waals surface area contributed by atoms with Gasteiger partial charge in [-0.15, -0.1) is 0 Å². The van der Waals surface area contributed by atoms with Gasteiger partial charge in [0.05, 0.1) is 51.2 Å². The number of carboxylic acid groups (broad SMARTS) is 1. The van der Waals surface area contributed by atoms with Crippen LogP contribution in [0.3, 0.4) is 0 Å². The summed E-state index contributed by atoms with van der Waals surface area (Å²) < 4.78 is 0. The molecule has 6 rings (SSSR count). The zero-order valence-corrected chi connectivity index (χ0v) is 26.2. The Balaban J connectivity index is 1.50. The molecule has 0 spiro atoms. The molecule has 0 fully saturated rings. The molecule has 0 amide bonds. The third-order valence-corrected chi connectivity index (χ3v) is 8.58. The number of hydrogen-bond acceptors (Lipinski definition) is 5. The van der Waals surface area contributed by atoms with E-state index in [0.29, 0.717) is 0 Å². The van der Waals surface area contributed by atoms with Crippen LogP contribution in [0, 0.1) is 0 Å². The molecular weight excluding hydrogens is 556 g/mol. The van der Waals surface area contributed by atoms with Crippen molar-refractivity contribution in [3.8, 4) is 0 Å². The number of nitrogens with zero attached hydrogens (tertiary/aromatic N) is 4. The van der Waals surface area contributed by atoms with Crippen LogP contribution in [0.5, 0.6) is 0 Å². The van der Waals surface area contributed by atoms with Gasteiger partial charge in [0.2, 0.25) is 0 Å². The van der Waals surface area contributed by atoms with Crippen molar-refractivity contribution >= 4 is 34.4 Å². The third-order valence-electron chi connectivity index (χ3n) is 8.58. The number of hydrogen-bond donors (Lipinski definition) is 1. The van der Waals surface area contributed by atoms with Crippen LogP contribution in [0.2, 0.25) is 0 Å². The van der Waals surface area contributed by atoms with E-state index in [1.54, 1.807) is 12.1 Å². The van der Waals surface area contributed by atoms with Gasteiger partial charge in [0, 0.05) is 16.7 Å². The number of rotatable bonds is 12. The number of fused-ring (bicyclic) bond motifs is 4. The Morgan fingerprint density at radius 1 is 0.622 bits per heavy atom. The van der Waals surface area contributed by atoms with E-state index in [4.69, 9.17) is 20.0 Å². The Morgan fingerprint density at radius 3 is 2.00 bits per heavy atom. The van der Waals surface area contributed by atoms with Crippen molar-refractivity contribution in [3.63, 3.8) is 0 Å². The van der Waals surface area contributed by atoms with Crippen molar-refractivity contribution in [2.45, 2.75) is 78.1 Å². The van der Waals surface area contributed by atoms with Crippen LogP contribution < -0.4 is 0 Å². The number of allylic oxidation sites excluding steroid dienone is 12. The first-order valence-corrected chi connectivity index (χ1v) is 16.4. The quantitative estimate of drug-likeness (QED) is 0.244. The maximum absolute atomic E-state index is 11.6. The van der Waals surface area contributed by atoms with E-state index in [1.165, 1.54) is 37.7 Å². The van der Waals surface area contributed by atoms with Gasteiger partial charge in [0.1, 0.15) is 0 Å². The Bertz CT molecular complexity index is 1760. The monoisotopic (exact) mass is 596 g/mol. The summed E-state index contributed by atoms with van der Waals surface area (Å²) in [6, 6.07) is 7.08. The lowest BCUT2D eigenvalue weighted by Crippen LogP contribution is -2.07. The second-order valence-electron chi connectivity index (χ2n) is 12.0. The Hall–Kier alpha value is -4.71. The molecule has 45 heavy (non-hydrogen) atoms. The van der Waals surface area contributed by atoms with E-state index in [0.717, 1.165) is 94.4 Å². The van der Waals surface area contributed by atoms with Gasteiger partial charge in [0.25, 0.3) is 0 Å². The fourth-order valence-electron chi connectivity index (χ4n) is 6.15. The first-order chi connectivity index (χ1) is 22.0. The van der Waals surface area contributed by atoms with Crippen molar-refractivity contribution in [3.05, 3.63) is 124 Å². The predicted octanol–water partition coefficient (Wildman–Crippen LogP) is 9.49. The molecule has 228 valence electrons. The molecule has 0 atom stereocenters. The normalized spacial score (nSPS) is 18.2. The summed E-state index contributed by atoms with van der Waals surface area (Å²) in [6.07, 6.45) is 29.6. The highest BCUT2D eigenvalue weighted by molar-refractivity contribution is 6.35. The van der Waals surface area contributed by atoms with E-state index in [9.17, 15) is 9.90 Å². The number of aromatic carboxylic acids is 1. The van der Waals surface area contributed by atoms with Crippen LogP contribution in [0.4, 0.5) is 0 Å². The molecule has 6 heteroatoms. The highest BCUT2D eigenvalue weighted by Crippen LogP contribution is 2.36. The van der Waals surface area contributed by atoms with E-state index < -0.39 is 5.97 Å². The van der Waals surface area contributed by atoms with Gasteiger partial charge in [-0.25, -0.2) is 24.8 Å². The maximum atomic E-state index is 11.6. The molecule has 6 nitrogen and oxygen atoms in total. The summed E-state index contributed by atoms with van der Waals surface area (Å²) >= 11 is 0. The zero-order chi connectivity index (χ0) is 31.2. The lowest BCUT2D eigenvalue weighted by Gasteiger charge is -2.14. The third kappa shape index (κ3) is 7.01. The number of carboxylic acids is 1. The molecular formula is C39H40N4O2. The van der Waals surface area contributed by atoms with Crippen molar-refractivity contribution in [1.82, 2.24) is 0 Å². The molecule has 0 aliphatic carbocycles. The number of aliphatic imine (C=N–C) groups is 4. The van der Waals surface area contributed by atoms with Crippen LogP contribution in [-0.4, -0.2) is 33.9 Å². The topological polar surface area (TPSA) is 86.7 Å². The second kappa shape index (κ2) is 13.9. The predicted molar refractivity (Wildman–Crippen MR) is 186 cm³/mol. The van der Waals surface area contributed by atoms with E-state index in [1.807, 2.05) is 36.4 Å². The van der Waals surface area contributed by atoms with Gasteiger partial charge >= 0.3 is 5.97 Å². The summed E-state index contributed by atoms with van der Waals surface area (Å²) in [7, 11) is 0. The minimum Gasteiger partial charge on any atom is -0.478 e. The average molecular weight is 597 g/mol. The lowest BCUT2D eigenvalue weighted by molar-refractivity contribution is 0.0697. The number of carbonyl (C=O) groups is 1. The molecule has 5 aliphatic rings. The fourth-order valence-corrected chi connectivity index (χ4v) is 6.15. The van der Waals surface area contributed by atoms with Crippen molar-refractivity contribution in [1.29, 1.82) is 0 Å². The molecule has 8 bridgehead atoms. The van der Waals surface area contributed by atoms with Crippen molar-refractivity contribution in [2.24, 2.45) is 20.0 Å². The molecule has 1 N–H and O–H groups in total. The number of unbranched alkanes of at least 4 members (excludes halogenated alkanes) is 6. The molecule has 1 aromatic rings. The van der Waals surface area contributed by atoms with Gasteiger partial charge in [-0.1, -0.05) is 64.5 Å². The second-order valence-corrected chi connectivity index (χ2v) is 12.0. The Kier molecular flexibility index (Phi) is 9.39. The van der Waals surface area contributed by atoms with Gasteiger partial charge in [0.15, 0.2) is 0 Å². The molecule has 0 unspecified atom stereocenters. The zero-order valence-electron chi connectivity index (χ0n) is 26.2. The average Bonchev–Trinajstić information content (AvgIpc) is 3.86. The highest BCUT2D eigenvalue weighted by atomic mass is 16.4. The highest BCUT2D eigenvalue weighted by Gasteiger charge is 2.26. The molecule has 0 saturated carbocycles. The van der Waals surface area contributed by atoms with Gasteiger partial charge in [-0.05, 0) is 98.1 Å². The first-order valence-electron chi connectivity index (χ1n) is 16.4. The fraction of sp³-hybridized carbons (Fsp3) is 0.308. The minimum atomic E-state index is -0.937. The summed E-state index contributed by atoms with van der Waals surface area (Å²) in [5.41, 5.74) is 11.7. The van der Waals surface area contributed by atoms with Crippen LogP contribution >= 0.6 is 0 Å². The summed E-state index contributed by atoms with van der Waals surface area (Å²) in [6.45, 7) is 4.47. The van der Waals surface area contributed by atoms with Crippen LogP contribution in [-0.2, 0) is 0 Å². The minimum absolute atomic E-state index is 0.263. The Morgan fingerprint density at radius 2 is 1.27 bits per heavy atom. The van der Waals surface area contributed by atoms with Crippen LogP contribution in [0.15, 0.2) is 133 Å². The summed E-state index contributed by atoms with van der Waals surface area (Å²) in [4.78, 5) is 31.9. The molecule has 0 saturated heterocycles. The summed E-state index contributed by atoms with van der Waals surface area (Å²) in [5.74, 6) is -0.937. The number of benzene rings is 1. The lowest BCUT2D eigenvalue weighted by atomic mass is 9.91. The van der Waals surface area contributed by atoms with Gasteiger partial charge in [-0.2, -0.15) is 0 Å². The van der Waals surface area contributed by atoms with Crippen LogP contribution in [0.25, 0.3) is 5.57 Å². The molecule has 0 radical (unpaired) electrons. The standard InChI is InChI=1S/C39H40N4O2/c1-3-5-7-9-11-32-35-20-19-30(41-35)23-28-17-18-29(40-28)24-31-25-34(26-13-15-27(16-14-26)39(44)45)38(42-31)33(12-10-8-6-4-2)37-22-21-36(32)43-37/h13-25H,3-12H2,1-2H3,(H,44,45). The van der Waals surface area contributed by atoms with E-state index >= 15 is 0 Å². The van der Waals surface area contributed by atoms with Crippen LogP contribution in [0.1, 0.15) is 94.0 Å². The smallest absolute Gasteiger partial charge is 0.335 e. The SMILES string of the molecule is CCCCCCC1=C2C=CC(=N2)C=C2C=CC(=N2)C=C2C=C(c3ccc(C(=O)O)cc3)C(=N2)C(CCCCCC)=C2C=CC1=N2. The molecule has 0 aromatic heterocycles. The van der Waals surface area contributed by atoms with Gasteiger partial charge < -0.3 is 5.11 Å². The molecule has 1 aromatic carbocycles. The first kappa shape index (κ1) is 30.3. The molecule has 5 heterocycles. The van der Waals surface area contributed by atoms with E-state index in [-0.39, 0.29) is 5.56 Å². The summed E-state index contributed by atoms with van der Waals surface area (Å²) in [5, 5.41) is 9.51. The largest absolute Gasteiger partial charge is 0.478 e. The van der Waals surface area contributed by atoms with Crippen molar-refractivity contribution in [2.75, 3.05) is 0 Å². The van der Waals surface area contributed by atoms with Gasteiger partial charge in [-0.3, -0.25) is 0 Å². The maximum Gasteiger partial charge on any atom is 0.335 e. The molecule has 5 aliphatic heterocycles. The van der Waals surface area contributed by atoms with E-state index in [2.05, 4.69) is 44.2 Å². The Labute approximate surface area is 265 Å². The van der Waals surface area contributed by atoms with Crippen molar-refractivity contribution < 1.29 is 9.90 Å².